The Kier molecular flexibility index (Phi) is 9.48. The first-order valence-electron chi connectivity index (χ1n) is 9.39. The van der Waals surface area contributed by atoms with Gasteiger partial charge in [0.05, 0.1) is 0 Å². The van der Waals surface area contributed by atoms with Crippen molar-refractivity contribution in [3.05, 3.63) is 70.7 Å². The molecule has 0 heterocycles. The van der Waals surface area contributed by atoms with Crippen molar-refractivity contribution in [3.8, 4) is 0 Å². The molecule has 4 nitrogen and oxygen atoms in total. The summed E-state index contributed by atoms with van der Waals surface area (Å²) in [4.78, 5) is 12.6. The molecule has 1 atom stereocenters. The van der Waals surface area contributed by atoms with Gasteiger partial charge in [0.15, 0.2) is 0 Å². The number of rotatable bonds is 9. The second kappa shape index (κ2) is 11.4. The van der Waals surface area contributed by atoms with E-state index in [0.29, 0.717) is 5.02 Å². The number of carbonyl (C=O) groups is 1. The molecular weight excluding hydrogens is 445 g/mol. The first-order chi connectivity index (χ1) is 13.7. The Bertz CT molecular complexity index is 818. The third kappa shape index (κ3) is 7.93. The molecule has 1 amide bonds. The van der Waals surface area contributed by atoms with Gasteiger partial charge in [-0.2, -0.15) is 0 Å². The van der Waals surface area contributed by atoms with Crippen LogP contribution in [0.3, 0.4) is 0 Å². The number of benzene rings is 2. The van der Waals surface area contributed by atoms with Crippen molar-refractivity contribution in [1.29, 1.82) is 0 Å². The summed E-state index contributed by atoms with van der Waals surface area (Å²) in [6.07, 6.45) is -0.595. The van der Waals surface area contributed by atoms with Crippen LogP contribution in [0.5, 0.6) is 0 Å². The van der Waals surface area contributed by atoms with Gasteiger partial charge in [0, 0.05) is 15.5 Å². The maximum Gasteiger partial charge on any atom is 0.408 e. The number of nitrogens with one attached hydrogen (secondary N) is 1. The highest BCUT2D eigenvalue weighted by Crippen LogP contribution is 2.78. The zero-order valence-corrected chi connectivity index (χ0v) is 20.3. The van der Waals surface area contributed by atoms with E-state index >= 15 is 0 Å². The minimum absolute atomic E-state index is 0.143. The third-order valence-electron chi connectivity index (χ3n) is 3.68. The maximum absolute atomic E-state index is 14.1. The van der Waals surface area contributed by atoms with Crippen LogP contribution in [0.2, 0.25) is 5.02 Å². The van der Waals surface area contributed by atoms with E-state index in [1.807, 2.05) is 58.0 Å². The average Bonchev–Trinajstić information content (AvgIpc) is 2.65. The second-order valence-electron chi connectivity index (χ2n) is 7.01. The van der Waals surface area contributed by atoms with Crippen LogP contribution < -0.4 is 5.32 Å². The minimum Gasteiger partial charge on any atom is -0.445 e. The molecule has 0 saturated heterocycles. The molecular formula is C21H27ClNO3PS2. The van der Waals surface area contributed by atoms with E-state index in [4.69, 9.17) is 16.3 Å². The number of alkyl carbamates (subject to hydrolysis) is 1. The van der Waals surface area contributed by atoms with E-state index in [0.717, 1.165) is 11.1 Å². The molecule has 0 aromatic heterocycles. The summed E-state index contributed by atoms with van der Waals surface area (Å²) >= 11 is 8.85. The lowest BCUT2D eigenvalue weighted by Crippen LogP contribution is -2.28. The van der Waals surface area contributed by atoms with Crippen molar-refractivity contribution in [2.75, 3.05) is 0 Å². The molecule has 0 saturated carbocycles. The number of halogens is 1. The quantitative estimate of drug-likeness (QED) is 0.379. The van der Waals surface area contributed by atoms with Crippen LogP contribution in [0.25, 0.3) is 0 Å². The first-order valence-corrected chi connectivity index (χ1v) is 14.5. The monoisotopic (exact) mass is 471 g/mol. The van der Waals surface area contributed by atoms with Crippen LogP contribution in [0.4, 0.5) is 4.79 Å². The Balaban J connectivity index is 2.26. The van der Waals surface area contributed by atoms with Crippen LogP contribution in [-0.2, 0) is 15.9 Å². The van der Waals surface area contributed by atoms with Crippen molar-refractivity contribution >= 4 is 46.0 Å². The van der Waals surface area contributed by atoms with Crippen molar-refractivity contribution < 1.29 is 14.1 Å². The summed E-state index contributed by atoms with van der Waals surface area (Å²) in [6.45, 7) is 8.17. The fraction of sp³-hybridized carbons (Fsp3) is 0.381. The normalized spacial score (nSPS) is 12.8. The number of amides is 1. The van der Waals surface area contributed by atoms with Crippen LogP contribution in [0.15, 0.2) is 54.6 Å². The molecule has 2 aromatic carbocycles. The Morgan fingerprint density at radius 2 is 1.55 bits per heavy atom. The number of hydrogen-bond acceptors (Lipinski definition) is 5. The molecule has 0 radical (unpaired) electrons. The van der Waals surface area contributed by atoms with Crippen molar-refractivity contribution in [2.45, 2.75) is 50.6 Å². The molecule has 0 spiro atoms. The molecule has 0 bridgehead atoms. The zero-order valence-electron chi connectivity index (χ0n) is 17.0. The van der Waals surface area contributed by atoms with Gasteiger partial charge in [-0.25, -0.2) is 4.79 Å². The summed E-state index contributed by atoms with van der Waals surface area (Å²) < 4.78 is 19.4. The molecule has 8 heteroatoms. The van der Waals surface area contributed by atoms with E-state index in [-0.39, 0.29) is 17.1 Å². The highest BCUT2D eigenvalue weighted by molar-refractivity contribution is 8.90. The van der Waals surface area contributed by atoms with Gasteiger partial charge in [-0.05, 0) is 23.3 Å². The summed E-state index contributed by atoms with van der Waals surface area (Å²) in [5, 5.41) is 3.74. The molecule has 1 N–H and O–H groups in total. The molecule has 2 aromatic rings. The summed E-state index contributed by atoms with van der Waals surface area (Å²) in [5.41, 5.74) is -1.31. The van der Waals surface area contributed by atoms with Gasteiger partial charge in [0.1, 0.15) is 12.4 Å². The minimum atomic E-state index is -2.95. The predicted octanol–water partition coefficient (Wildman–Crippen LogP) is 7.74. The van der Waals surface area contributed by atoms with E-state index < -0.39 is 17.4 Å². The Morgan fingerprint density at radius 3 is 2.07 bits per heavy atom. The molecule has 0 aliphatic heterocycles. The predicted molar refractivity (Wildman–Crippen MR) is 127 cm³/mol. The SMILES string of the molecule is CC(C)SP(=O)(SC(C)C)C(NC(=O)OCc1ccccc1)c1ccc(Cl)cc1. The lowest BCUT2D eigenvalue weighted by Gasteiger charge is -2.30. The molecule has 0 fully saturated rings. The maximum atomic E-state index is 14.1. The van der Waals surface area contributed by atoms with Crippen LogP contribution in [0.1, 0.15) is 44.6 Å². The van der Waals surface area contributed by atoms with Gasteiger partial charge >= 0.3 is 6.09 Å². The Hall–Kier alpha value is -1.07. The van der Waals surface area contributed by atoms with Gasteiger partial charge in [-0.15, -0.1) is 0 Å². The van der Waals surface area contributed by atoms with E-state index in [2.05, 4.69) is 5.32 Å². The lowest BCUT2D eigenvalue weighted by molar-refractivity contribution is 0.138. The topological polar surface area (TPSA) is 55.4 Å². The zero-order chi connectivity index (χ0) is 21.4. The largest absolute Gasteiger partial charge is 0.445 e. The number of ether oxygens (including phenoxy) is 1. The highest BCUT2D eigenvalue weighted by atomic mass is 35.5. The molecule has 0 aliphatic carbocycles. The van der Waals surface area contributed by atoms with Crippen LogP contribution in [-0.4, -0.2) is 16.6 Å². The van der Waals surface area contributed by atoms with Crippen molar-refractivity contribution in [3.63, 3.8) is 0 Å². The second-order valence-corrected chi connectivity index (χ2v) is 16.6. The Labute approximate surface area is 186 Å². The van der Waals surface area contributed by atoms with Gasteiger partial charge < -0.3 is 10.1 Å². The van der Waals surface area contributed by atoms with E-state index in [1.165, 1.54) is 22.8 Å². The van der Waals surface area contributed by atoms with Gasteiger partial charge in [0.2, 0.25) is 5.55 Å². The lowest BCUT2D eigenvalue weighted by atomic mass is 10.2. The average molecular weight is 472 g/mol. The standard InChI is InChI=1S/C21H27ClNO3PS2/c1-15(2)28-27(25,29-16(3)4)20(18-10-12-19(22)13-11-18)23-21(24)26-14-17-8-6-5-7-9-17/h5-13,15-16,20H,14H2,1-4H3,(H,23,24). The third-order valence-corrected chi connectivity index (χ3v) is 13.5. The summed E-state index contributed by atoms with van der Waals surface area (Å²) in [5.74, 6) is -0.678. The van der Waals surface area contributed by atoms with E-state index in [9.17, 15) is 9.36 Å². The number of carbonyl (C=O) groups excluding carboxylic acids is 1. The highest BCUT2D eigenvalue weighted by Gasteiger charge is 2.39. The molecule has 1 unspecified atom stereocenters. The molecule has 29 heavy (non-hydrogen) atoms. The van der Waals surface area contributed by atoms with Crippen LogP contribution >= 0.6 is 39.9 Å². The van der Waals surface area contributed by atoms with Crippen molar-refractivity contribution in [2.24, 2.45) is 0 Å². The smallest absolute Gasteiger partial charge is 0.408 e. The fourth-order valence-electron chi connectivity index (χ4n) is 2.60. The number of hydrogen-bond donors (Lipinski definition) is 1. The fourth-order valence-corrected chi connectivity index (χ4v) is 14.0. The molecule has 158 valence electrons. The van der Waals surface area contributed by atoms with Crippen molar-refractivity contribution in [1.82, 2.24) is 5.32 Å². The van der Waals surface area contributed by atoms with E-state index in [1.54, 1.807) is 24.3 Å². The molecule has 0 aliphatic rings. The summed E-state index contributed by atoms with van der Waals surface area (Å²) in [7, 11) is 0. The Morgan fingerprint density at radius 1 is 1.00 bits per heavy atom. The van der Waals surface area contributed by atoms with Gasteiger partial charge in [-0.3, -0.25) is 4.57 Å². The van der Waals surface area contributed by atoms with Gasteiger partial charge in [-0.1, -0.05) is 105 Å². The first kappa shape index (κ1) is 24.2. The van der Waals surface area contributed by atoms with Gasteiger partial charge in [0.25, 0.3) is 0 Å². The summed E-state index contributed by atoms with van der Waals surface area (Å²) in [6, 6.07) is 16.5. The molecule has 2 rings (SSSR count). The van der Waals surface area contributed by atoms with Crippen LogP contribution in [0, 0.1) is 0 Å².